The smallest absolute Gasteiger partial charge is 0.244 e. The van der Waals surface area contributed by atoms with Crippen LogP contribution in [-0.2, 0) is 23.2 Å². The van der Waals surface area contributed by atoms with Gasteiger partial charge in [0.05, 0.1) is 19.1 Å². The van der Waals surface area contributed by atoms with Crippen LogP contribution in [-0.4, -0.2) is 13.5 Å². The second-order valence-electron chi connectivity index (χ2n) is 4.14. The van der Waals surface area contributed by atoms with Crippen LogP contribution in [0, 0.1) is 13.8 Å². The first-order valence-corrected chi connectivity index (χ1v) is 7.14. The van der Waals surface area contributed by atoms with E-state index in [4.69, 9.17) is 8.83 Å². The van der Waals surface area contributed by atoms with Crippen molar-refractivity contribution in [2.75, 3.05) is 0 Å². The van der Waals surface area contributed by atoms with Gasteiger partial charge in [-0.15, -0.1) is 0 Å². The topological polar surface area (TPSA) is 92.7 Å². The molecule has 6 nitrogen and oxygen atoms in total. The van der Waals surface area contributed by atoms with E-state index in [0.717, 1.165) is 0 Å². The molecular weight excluding hydrogens is 270 g/mol. The van der Waals surface area contributed by atoms with Crippen molar-refractivity contribution in [3.8, 4) is 0 Å². The van der Waals surface area contributed by atoms with Crippen molar-refractivity contribution in [2.24, 2.45) is 0 Å². The predicted octanol–water partition coefficient (Wildman–Crippen LogP) is 1.46. The molecule has 2 aromatic heterocycles. The average Bonchev–Trinajstić information content (AvgIpc) is 2.94. The SMILES string of the molecule is Cc1oc(C)c(S(=O)(=O)NCc2ccoc2)c1CO. The first kappa shape index (κ1) is 13.9. The summed E-state index contributed by atoms with van der Waals surface area (Å²) in [5.74, 6) is 0.671. The lowest BCUT2D eigenvalue weighted by Crippen LogP contribution is -2.24. The van der Waals surface area contributed by atoms with Crippen LogP contribution in [0.3, 0.4) is 0 Å². The van der Waals surface area contributed by atoms with Crippen LogP contribution in [0.25, 0.3) is 0 Å². The molecule has 2 aromatic rings. The van der Waals surface area contributed by atoms with Crippen molar-refractivity contribution in [3.05, 3.63) is 41.2 Å². The van der Waals surface area contributed by atoms with Crippen LogP contribution in [0.4, 0.5) is 0 Å². The lowest BCUT2D eigenvalue weighted by atomic mass is 10.2. The second kappa shape index (κ2) is 5.20. The Kier molecular flexibility index (Phi) is 3.79. The quantitative estimate of drug-likeness (QED) is 0.867. The van der Waals surface area contributed by atoms with E-state index in [1.165, 1.54) is 12.5 Å². The number of sulfonamides is 1. The van der Waals surface area contributed by atoms with Crippen molar-refractivity contribution < 1.29 is 22.4 Å². The molecule has 0 atom stereocenters. The van der Waals surface area contributed by atoms with Gasteiger partial charge in [-0.1, -0.05) is 0 Å². The minimum absolute atomic E-state index is 0.0102. The maximum Gasteiger partial charge on any atom is 0.244 e. The summed E-state index contributed by atoms with van der Waals surface area (Å²) in [6.45, 7) is 2.91. The van der Waals surface area contributed by atoms with Crippen molar-refractivity contribution in [1.29, 1.82) is 0 Å². The Balaban J connectivity index is 2.29. The summed E-state index contributed by atoms with van der Waals surface area (Å²) in [5, 5.41) is 9.26. The molecule has 104 valence electrons. The fourth-order valence-electron chi connectivity index (χ4n) is 1.89. The molecule has 0 aromatic carbocycles. The summed E-state index contributed by atoms with van der Waals surface area (Å²) in [7, 11) is -3.73. The van der Waals surface area contributed by atoms with E-state index in [1.54, 1.807) is 19.9 Å². The van der Waals surface area contributed by atoms with Gasteiger partial charge in [-0.25, -0.2) is 13.1 Å². The third kappa shape index (κ3) is 2.73. The summed E-state index contributed by atoms with van der Waals surface area (Å²) in [4.78, 5) is 0.0102. The number of hydrogen-bond acceptors (Lipinski definition) is 5. The van der Waals surface area contributed by atoms with Gasteiger partial charge in [-0.05, 0) is 19.9 Å². The van der Waals surface area contributed by atoms with Crippen LogP contribution >= 0.6 is 0 Å². The predicted molar refractivity (Wildman–Crippen MR) is 66.8 cm³/mol. The fraction of sp³-hybridized carbons (Fsp3) is 0.333. The minimum atomic E-state index is -3.73. The van der Waals surface area contributed by atoms with E-state index in [1.807, 2.05) is 0 Å². The largest absolute Gasteiger partial charge is 0.472 e. The Bertz CT molecular complexity index is 655. The van der Waals surface area contributed by atoms with Gasteiger partial charge < -0.3 is 13.9 Å². The number of aliphatic hydroxyl groups excluding tert-OH is 1. The average molecular weight is 285 g/mol. The van der Waals surface area contributed by atoms with Crippen molar-refractivity contribution >= 4 is 10.0 Å². The second-order valence-corrected chi connectivity index (χ2v) is 5.84. The molecule has 2 heterocycles. The summed E-state index contributed by atoms with van der Waals surface area (Å²) >= 11 is 0. The first-order chi connectivity index (χ1) is 8.95. The van der Waals surface area contributed by atoms with Gasteiger partial charge in [0, 0.05) is 17.7 Å². The zero-order chi connectivity index (χ0) is 14.0. The van der Waals surface area contributed by atoms with Crippen molar-refractivity contribution in [3.63, 3.8) is 0 Å². The molecule has 19 heavy (non-hydrogen) atoms. The molecule has 0 aliphatic heterocycles. The van der Waals surface area contributed by atoms with Gasteiger partial charge in [0.1, 0.15) is 16.4 Å². The van der Waals surface area contributed by atoms with E-state index in [2.05, 4.69) is 4.72 Å². The molecule has 7 heteroatoms. The normalized spacial score (nSPS) is 11.9. The lowest BCUT2D eigenvalue weighted by Gasteiger charge is -2.06. The van der Waals surface area contributed by atoms with E-state index in [0.29, 0.717) is 11.3 Å². The Morgan fingerprint density at radius 2 is 2.05 bits per heavy atom. The summed E-state index contributed by atoms with van der Waals surface area (Å²) in [6, 6.07) is 1.67. The number of furan rings is 2. The van der Waals surface area contributed by atoms with Crippen LogP contribution in [0.2, 0.25) is 0 Å². The zero-order valence-corrected chi connectivity index (χ0v) is 11.5. The highest BCUT2D eigenvalue weighted by Crippen LogP contribution is 2.26. The van der Waals surface area contributed by atoms with Gasteiger partial charge in [0.25, 0.3) is 0 Å². The highest BCUT2D eigenvalue weighted by Gasteiger charge is 2.26. The monoisotopic (exact) mass is 285 g/mol. The highest BCUT2D eigenvalue weighted by atomic mass is 32.2. The zero-order valence-electron chi connectivity index (χ0n) is 10.6. The molecule has 2 N–H and O–H groups in total. The van der Waals surface area contributed by atoms with Crippen LogP contribution in [0.15, 0.2) is 32.3 Å². The molecule has 0 aliphatic rings. The number of aryl methyl sites for hydroxylation is 2. The molecule has 2 rings (SSSR count). The van der Waals surface area contributed by atoms with Crippen molar-refractivity contribution in [2.45, 2.75) is 31.9 Å². The Morgan fingerprint density at radius 1 is 1.32 bits per heavy atom. The molecule has 0 radical (unpaired) electrons. The number of rotatable bonds is 5. The maximum absolute atomic E-state index is 12.2. The lowest BCUT2D eigenvalue weighted by molar-refractivity contribution is 0.276. The molecule has 0 fully saturated rings. The van der Waals surface area contributed by atoms with Gasteiger partial charge in [-0.3, -0.25) is 0 Å². The van der Waals surface area contributed by atoms with Gasteiger partial charge in [-0.2, -0.15) is 0 Å². The highest BCUT2D eigenvalue weighted by molar-refractivity contribution is 7.89. The summed E-state index contributed by atoms with van der Waals surface area (Å²) in [6.07, 6.45) is 2.93. The summed E-state index contributed by atoms with van der Waals surface area (Å²) < 4.78 is 37.0. The Hall–Kier alpha value is -1.57. The van der Waals surface area contributed by atoms with Crippen molar-refractivity contribution in [1.82, 2.24) is 4.72 Å². The van der Waals surface area contributed by atoms with E-state index in [-0.39, 0.29) is 29.4 Å². The number of nitrogens with one attached hydrogen (secondary N) is 1. The number of aliphatic hydroxyl groups is 1. The Morgan fingerprint density at radius 3 is 2.63 bits per heavy atom. The minimum Gasteiger partial charge on any atom is -0.472 e. The third-order valence-corrected chi connectivity index (χ3v) is 4.39. The van der Waals surface area contributed by atoms with Crippen LogP contribution in [0.1, 0.15) is 22.6 Å². The molecule has 0 amide bonds. The van der Waals surface area contributed by atoms with Crippen LogP contribution in [0.5, 0.6) is 0 Å². The van der Waals surface area contributed by atoms with E-state index < -0.39 is 10.0 Å². The third-order valence-electron chi connectivity index (χ3n) is 2.80. The maximum atomic E-state index is 12.2. The number of hydrogen-bond donors (Lipinski definition) is 2. The van der Waals surface area contributed by atoms with E-state index in [9.17, 15) is 13.5 Å². The van der Waals surface area contributed by atoms with Gasteiger partial charge >= 0.3 is 0 Å². The fourth-order valence-corrected chi connectivity index (χ4v) is 3.34. The van der Waals surface area contributed by atoms with E-state index >= 15 is 0 Å². The molecular formula is C12H15NO5S. The standard InChI is InChI=1S/C12H15NO5S/c1-8-11(6-14)12(9(2)18-8)19(15,16)13-5-10-3-4-17-7-10/h3-4,7,13-14H,5-6H2,1-2H3. The summed E-state index contributed by atoms with van der Waals surface area (Å²) in [5.41, 5.74) is 1.00. The first-order valence-electron chi connectivity index (χ1n) is 5.66. The molecule has 0 saturated heterocycles. The molecule has 0 aliphatic carbocycles. The molecule has 0 unspecified atom stereocenters. The Labute approximate surface area is 111 Å². The van der Waals surface area contributed by atoms with Gasteiger partial charge in [0.15, 0.2) is 0 Å². The molecule has 0 spiro atoms. The molecule has 0 saturated carbocycles. The van der Waals surface area contributed by atoms with Gasteiger partial charge in [0.2, 0.25) is 10.0 Å². The molecule has 0 bridgehead atoms. The van der Waals surface area contributed by atoms with Crippen LogP contribution < -0.4 is 4.72 Å².